The van der Waals surface area contributed by atoms with Gasteiger partial charge in [0.25, 0.3) is 0 Å². The van der Waals surface area contributed by atoms with E-state index in [0.29, 0.717) is 0 Å². The first-order valence-electron chi connectivity index (χ1n) is 0. The maximum atomic E-state index is 0. The van der Waals surface area contributed by atoms with E-state index in [9.17, 15) is 0 Å². The van der Waals surface area contributed by atoms with Gasteiger partial charge in [-0.1, -0.05) is 0 Å². The topological polar surface area (TPSA) is 0 Å². The molecule has 0 aromatic heterocycles. The fourth-order valence-electron chi connectivity index (χ4n) is 0. The third-order valence-electron chi connectivity index (χ3n) is 0. The van der Waals surface area contributed by atoms with Gasteiger partial charge >= 0.3 is 0 Å². The SMILES string of the molecule is [Cu].[Pd].[Pt].[Ti]. The Morgan fingerprint density at radius 3 is 1.00 bits per heavy atom. The summed E-state index contributed by atoms with van der Waals surface area (Å²) in [6.07, 6.45) is 0. The molecule has 0 amide bonds. The monoisotopic (exact) mass is 412 g/mol. The van der Waals surface area contributed by atoms with Gasteiger partial charge in [-0.25, -0.2) is 0 Å². The van der Waals surface area contributed by atoms with Gasteiger partial charge in [0.15, 0.2) is 0 Å². The third kappa shape index (κ3) is 8.82. The number of rotatable bonds is 0. The minimum absolute atomic E-state index is 0. The minimum atomic E-state index is 0. The van der Waals surface area contributed by atoms with Crippen molar-refractivity contribution in [2.75, 3.05) is 0 Å². The molecule has 0 saturated carbocycles. The van der Waals surface area contributed by atoms with Gasteiger partial charge in [-0.2, -0.15) is 0 Å². The van der Waals surface area contributed by atoms with Crippen molar-refractivity contribution in [3.05, 3.63) is 0 Å². The summed E-state index contributed by atoms with van der Waals surface area (Å²) >= 11 is 0. The van der Waals surface area contributed by atoms with E-state index in [1.54, 1.807) is 0 Å². The molecule has 0 atom stereocenters. The molecule has 0 spiro atoms. The van der Waals surface area contributed by atoms with E-state index in [4.69, 9.17) is 0 Å². The molecule has 4 heteroatoms. The van der Waals surface area contributed by atoms with Crippen LogP contribution in [0.25, 0.3) is 0 Å². The largest absolute Gasteiger partial charge is 0 e. The molecule has 0 N–H and O–H groups in total. The molecule has 0 aliphatic carbocycles. The summed E-state index contributed by atoms with van der Waals surface area (Å²) in [6.45, 7) is 0. The smallest absolute Gasteiger partial charge is 0 e. The summed E-state index contributed by atoms with van der Waals surface area (Å²) < 4.78 is 0. The summed E-state index contributed by atoms with van der Waals surface area (Å²) in [5.74, 6) is 0. The Morgan fingerprint density at radius 2 is 1.00 bits per heavy atom. The summed E-state index contributed by atoms with van der Waals surface area (Å²) in [6, 6.07) is 0. The molecule has 0 unspecified atom stereocenters. The van der Waals surface area contributed by atoms with Crippen molar-refractivity contribution in [3.8, 4) is 0 Å². The molecule has 1 radical (unpaired) electrons. The Morgan fingerprint density at radius 1 is 1.00 bits per heavy atom. The maximum Gasteiger partial charge on any atom is 0 e. The van der Waals surface area contributed by atoms with Crippen molar-refractivity contribution in [2.24, 2.45) is 0 Å². The molecule has 0 fully saturated rings. The van der Waals surface area contributed by atoms with Crippen LogP contribution in [0.15, 0.2) is 0 Å². The molecule has 0 aromatic carbocycles. The van der Waals surface area contributed by atoms with Crippen LogP contribution in [0.1, 0.15) is 0 Å². The molecular formula is CuPdPtTi. The van der Waals surface area contributed by atoms with Crippen molar-refractivity contribution in [3.63, 3.8) is 0 Å². The number of hydrogen-bond donors (Lipinski definition) is 0. The van der Waals surface area contributed by atoms with E-state index in [0.717, 1.165) is 0 Å². The van der Waals surface area contributed by atoms with Crippen molar-refractivity contribution in [1.29, 1.82) is 0 Å². The van der Waals surface area contributed by atoms with Gasteiger partial charge in [-0.3, -0.25) is 0 Å². The molecule has 0 aliphatic heterocycles. The summed E-state index contributed by atoms with van der Waals surface area (Å²) in [5, 5.41) is 0. The summed E-state index contributed by atoms with van der Waals surface area (Å²) in [5.41, 5.74) is 0. The van der Waals surface area contributed by atoms with Crippen LogP contribution in [-0.4, -0.2) is 0 Å². The first-order valence-corrected chi connectivity index (χ1v) is 0. The van der Waals surface area contributed by atoms with E-state index in [-0.39, 0.29) is 80.3 Å². The van der Waals surface area contributed by atoms with Crippen molar-refractivity contribution < 1.29 is 80.3 Å². The summed E-state index contributed by atoms with van der Waals surface area (Å²) in [7, 11) is 0. The second-order valence-electron chi connectivity index (χ2n) is 0. The zero-order chi connectivity index (χ0) is 0. The second-order valence-corrected chi connectivity index (χ2v) is 0. The van der Waals surface area contributed by atoms with Crippen LogP contribution in [0.5, 0.6) is 0 Å². The Balaban J connectivity index is 0. The molecule has 0 nitrogen and oxygen atoms in total. The predicted octanol–water partition coefficient (Wildman–Crippen LogP) is -0.0100. The predicted molar refractivity (Wildman–Crippen MR) is 0 cm³/mol. The molecule has 0 heterocycles. The third-order valence-corrected chi connectivity index (χ3v) is 0. The van der Waals surface area contributed by atoms with Crippen LogP contribution in [0.3, 0.4) is 0 Å². The average Bonchev–Trinajstić information content (AvgIpc) is 0. The van der Waals surface area contributed by atoms with Crippen LogP contribution in [0.4, 0.5) is 0 Å². The Bertz CT molecular complexity index is 8.00. The van der Waals surface area contributed by atoms with Gasteiger partial charge in [0.05, 0.1) is 0 Å². The van der Waals surface area contributed by atoms with Gasteiger partial charge in [0.1, 0.15) is 0 Å². The van der Waals surface area contributed by atoms with Crippen molar-refractivity contribution in [1.82, 2.24) is 0 Å². The molecule has 0 bridgehead atoms. The van der Waals surface area contributed by atoms with E-state index in [2.05, 4.69) is 0 Å². The molecule has 0 aliphatic rings. The number of hydrogen-bond acceptors (Lipinski definition) is 0. The molecule has 0 saturated heterocycles. The quantitative estimate of drug-likeness (QED) is 0.491. The van der Waals surface area contributed by atoms with Crippen LogP contribution < -0.4 is 0 Å². The Kier molecular flexibility index (Phi) is 135. The molecular weight excluding hydrogens is 413 g/mol. The second kappa shape index (κ2) is 17.6. The van der Waals surface area contributed by atoms with Gasteiger partial charge in [-0.05, 0) is 0 Å². The fourth-order valence-corrected chi connectivity index (χ4v) is 0. The minimum Gasteiger partial charge on any atom is 0 e. The van der Waals surface area contributed by atoms with E-state index >= 15 is 0 Å². The van der Waals surface area contributed by atoms with E-state index < -0.39 is 0 Å². The van der Waals surface area contributed by atoms with Crippen LogP contribution >= 0.6 is 0 Å². The van der Waals surface area contributed by atoms with Crippen LogP contribution in [0, 0.1) is 0 Å². The Hall–Kier alpha value is 2.58. The molecule has 0 aromatic rings. The average molecular weight is 413 g/mol. The summed E-state index contributed by atoms with van der Waals surface area (Å²) in [4.78, 5) is 0. The first-order chi connectivity index (χ1) is 0. The van der Waals surface area contributed by atoms with E-state index in [1.807, 2.05) is 0 Å². The molecule has 4 heavy (non-hydrogen) atoms. The van der Waals surface area contributed by atoms with Crippen LogP contribution in [0.2, 0.25) is 0 Å². The first kappa shape index (κ1) is 30.7. The van der Waals surface area contributed by atoms with E-state index in [1.165, 1.54) is 0 Å². The van der Waals surface area contributed by atoms with Crippen LogP contribution in [-0.2, 0) is 80.3 Å². The van der Waals surface area contributed by atoms with Gasteiger partial charge < -0.3 is 0 Å². The van der Waals surface area contributed by atoms with Gasteiger partial charge in [0.2, 0.25) is 0 Å². The van der Waals surface area contributed by atoms with Gasteiger partial charge in [0, 0.05) is 80.3 Å². The van der Waals surface area contributed by atoms with Crippen molar-refractivity contribution >= 4 is 0 Å². The normalized spacial score (nSPS) is 0. The molecule has 0 rings (SSSR count). The maximum absolute atomic E-state index is 0. The van der Waals surface area contributed by atoms with Gasteiger partial charge in [-0.15, -0.1) is 0 Å². The molecule has 35 valence electrons. The standard InChI is InChI=1S/Cu.Pd.Pt.Ti. The van der Waals surface area contributed by atoms with Crippen molar-refractivity contribution in [2.45, 2.75) is 0 Å². The zero-order valence-corrected chi connectivity index (χ0v) is 7.76. The fraction of sp³-hybridized carbons (Fsp3) is 0. The zero-order valence-electron chi connectivity index (χ0n) is 1.43. The Labute approximate surface area is 79.1 Å².